The van der Waals surface area contributed by atoms with Crippen LogP contribution in [0.2, 0.25) is 0 Å². The van der Waals surface area contributed by atoms with Gasteiger partial charge in [0.05, 0.1) is 6.61 Å². The van der Waals surface area contributed by atoms with Crippen molar-refractivity contribution in [2.75, 3.05) is 6.61 Å². The van der Waals surface area contributed by atoms with E-state index in [9.17, 15) is 9.46 Å². The predicted molar refractivity (Wildman–Crippen MR) is 64.7 cm³/mol. The van der Waals surface area contributed by atoms with E-state index in [2.05, 4.69) is 9.05 Å². The first kappa shape index (κ1) is 22.1. The molecule has 0 amide bonds. The van der Waals surface area contributed by atoms with Crippen molar-refractivity contribution in [3.8, 4) is 0 Å². The Labute approximate surface area is 151 Å². The van der Waals surface area contributed by atoms with Gasteiger partial charge >= 0.3 is 29.6 Å². The molecular weight excluding hydrogens is 391 g/mol. The van der Waals surface area contributed by atoms with Crippen molar-refractivity contribution in [2.24, 2.45) is 0 Å². The molecule has 0 saturated heterocycles. The van der Waals surface area contributed by atoms with E-state index in [1.807, 2.05) is 0 Å². The van der Waals surface area contributed by atoms with Crippen molar-refractivity contribution >= 4 is 77.4 Å². The fourth-order valence-electron chi connectivity index (χ4n) is 0.562. The zero-order chi connectivity index (χ0) is 13.2. The molecule has 17 heavy (non-hydrogen) atoms. The normalized spacial score (nSPS) is 19.4. The predicted octanol–water partition coefficient (Wildman–Crippen LogP) is 0.621. The van der Waals surface area contributed by atoms with Gasteiger partial charge in [-0.3, -0.25) is 9.09 Å². The van der Waals surface area contributed by atoms with E-state index in [-0.39, 0.29) is 36.2 Å². The molecule has 0 aromatic carbocycles. The fraction of sp³-hybridized carbons (Fsp3) is 1.00. The van der Waals surface area contributed by atoms with E-state index in [0.29, 0.717) is 0 Å². The van der Waals surface area contributed by atoms with Crippen LogP contribution in [-0.2, 0) is 13.6 Å². The van der Waals surface area contributed by atoms with Gasteiger partial charge in [-0.25, -0.2) is 0 Å². The average molecular weight is 397 g/mol. The van der Waals surface area contributed by atoms with Gasteiger partial charge in [-0.15, -0.1) is 23.2 Å². The van der Waals surface area contributed by atoms with Crippen molar-refractivity contribution in [3.63, 3.8) is 0 Å². The third kappa shape index (κ3) is 6.90. The number of phosphoric acid groups is 1. The van der Waals surface area contributed by atoms with E-state index in [1.54, 1.807) is 0 Å². The SMILES string of the molecule is CCOP(=O)([O-])OC(Cl)(C(Cl)Cl)C(Cl)(Cl)Cl.[Na+]. The molecule has 98 valence electrons. The average Bonchev–Trinajstić information content (AvgIpc) is 1.99. The molecule has 2 unspecified atom stereocenters. The third-order valence-electron chi connectivity index (χ3n) is 1.20. The van der Waals surface area contributed by atoms with Gasteiger partial charge in [-0.05, 0) is 6.92 Å². The molecule has 0 heterocycles. The number of halogens is 6. The van der Waals surface area contributed by atoms with E-state index in [4.69, 9.17) is 69.6 Å². The maximum atomic E-state index is 11.2. The van der Waals surface area contributed by atoms with Crippen LogP contribution in [0.3, 0.4) is 0 Å². The standard InChI is InChI=1S/C5H7Cl6O4P.Na/c1-2-14-16(12,13)15-4(8,3(6)7)5(9,10)11;/h3H,2H2,1H3,(H,12,13);/q;+1/p-1. The number of hydrogen-bond donors (Lipinski definition) is 0. The maximum Gasteiger partial charge on any atom is 1.00 e. The number of alkyl halides is 6. The minimum atomic E-state index is -4.77. The molecule has 0 aromatic rings. The second-order valence-corrected chi connectivity index (χ2v) is 7.67. The molecule has 0 aromatic heterocycles. The van der Waals surface area contributed by atoms with Crippen LogP contribution in [0.1, 0.15) is 6.92 Å². The summed E-state index contributed by atoms with van der Waals surface area (Å²) in [6.07, 6.45) is 0. The van der Waals surface area contributed by atoms with Crippen LogP contribution in [0.15, 0.2) is 0 Å². The molecule has 0 saturated carbocycles. The quantitative estimate of drug-likeness (QED) is 0.388. The van der Waals surface area contributed by atoms with Gasteiger partial charge < -0.3 is 9.42 Å². The van der Waals surface area contributed by atoms with Gasteiger partial charge in [0.2, 0.25) is 8.85 Å². The number of rotatable bonds is 5. The summed E-state index contributed by atoms with van der Waals surface area (Å²) in [6, 6.07) is 0. The van der Waals surface area contributed by atoms with Crippen LogP contribution >= 0.6 is 77.4 Å². The minimum Gasteiger partial charge on any atom is -0.756 e. The molecule has 0 radical (unpaired) electrons. The van der Waals surface area contributed by atoms with Gasteiger partial charge in [0, 0.05) is 0 Å². The van der Waals surface area contributed by atoms with Gasteiger partial charge in [-0.2, -0.15) is 0 Å². The fourth-order valence-corrected chi connectivity index (χ4v) is 3.23. The number of phosphoric ester groups is 1. The second-order valence-electron chi connectivity index (χ2n) is 2.40. The van der Waals surface area contributed by atoms with Crippen LogP contribution in [0.25, 0.3) is 0 Å². The zero-order valence-corrected chi connectivity index (χ0v) is 16.1. The van der Waals surface area contributed by atoms with Crippen LogP contribution < -0.4 is 34.5 Å². The smallest absolute Gasteiger partial charge is 0.756 e. The van der Waals surface area contributed by atoms with Gasteiger partial charge in [-0.1, -0.05) is 46.4 Å². The van der Waals surface area contributed by atoms with Crippen molar-refractivity contribution in [3.05, 3.63) is 0 Å². The van der Waals surface area contributed by atoms with Crippen LogP contribution in [-0.4, -0.2) is 20.3 Å². The Morgan fingerprint density at radius 1 is 1.29 bits per heavy atom. The van der Waals surface area contributed by atoms with Gasteiger partial charge in [0.25, 0.3) is 7.82 Å². The van der Waals surface area contributed by atoms with Crippen molar-refractivity contribution in [2.45, 2.75) is 20.6 Å². The Morgan fingerprint density at radius 2 is 1.71 bits per heavy atom. The van der Waals surface area contributed by atoms with Gasteiger partial charge in [0.1, 0.15) is 0 Å². The zero-order valence-electron chi connectivity index (χ0n) is 8.63. The van der Waals surface area contributed by atoms with Crippen LogP contribution in [0.4, 0.5) is 0 Å². The summed E-state index contributed by atoms with van der Waals surface area (Å²) in [5.41, 5.74) is 0. The largest absolute Gasteiger partial charge is 1.00 e. The van der Waals surface area contributed by atoms with Crippen molar-refractivity contribution in [1.82, 2.24) is 0 Å². The molecular formula is C5H6Cl6NaO4P. The molecule has 0 bridgehead atoms. The third-order valence-corrected chi connectivity index (χ3v) is 4.94. The summed E-state index contributed by atoms with van der Waals surface area (Å²) in [5.74, 6) is 0. The molecule has 0 spiro atoms. The molecule has 0 N–H and O–H groups in total. The summed E-state index contributed by atoms with van der Waals surface area (Å²) in [4.78, 5) is 9.58. The van der Waals surface area contributed by atoms with E-state index < -0.39 is 21.5 Å². The Kier molecular flexibility index (Phi) is 10.8. The van der Waals surface area contributed by atoms with Crippen LogP contribution in [0.5, 0.6) is 0 Å². The molecule has 12 heteroatoms. The topological polar surface area (TPSA) is 58.6 Å². The summed E-state index contributed by atoms with van der Waals surface area (Å²) >= 11 is 32.8. The first-order chi connectivity index (χ1) is 6.96. The van der Waals surface area contributed by atoms with E-state index in [0.717, 1.165) is 0 Å². The Balaban J connectivity index is 0. The summed E-state index contributed by atoms with van der Waals surface area (Å²) in [5, 5.41) is -2.48. The summed E-state index contributed by atoms with van der Waals surface area (Å²) in [6.45, 7) is 1.24. The van der Waals surface area contributed by atoms with Crippen molar-refractivity contribution < 1.29 is 48.1 Å². The Bertz CT molecular complexity index is 286. The summed E-state index contributed by atoms with van der Waals surface area (Å²) in [7, 11) is -4.77. The number of hydrogen-bond acceptors (Lipinski definition) is 4. The molecule has 4 nitrogen and oxygen atoms in total. The molecule has 0 aliphatic carbocycles. The molecule has 0 fully saturated rings. The van der Waals surface area contributed by atoms with E-state index >= 15 is 0 Å². The molecule has 2 atom stereocenters. The van der Waals surface area contributed by atoms with E-state index in [1.165, 1.54) is 6.92 Å². The van der Waals surface area contributed by atoms with Gasteiger partial charge in [0.15, 0.2) is 4.84 Å². The molecule has 0 rings (SSSR count). The monoisotopic (exact) mass is 394 g/mol. The van der Waals surface area contributed by atoms with Crippen molar-refractivity contribution in [1.29, 1.82) is 0 Å². The summed E-state index contributed by atoms with van der Waals surface area (Å²) < 4.78 is 17.5. The maximum absolute atomic E-state index is 11.2. The Morgan fingerprint density at radius 3 is 1.94 bits per heavy atom. The Hall–Kier alpha value is 2.85. The van der Waals surface area contributed by atoms with Crippen LogP contribution in [0, 0.1) is 0 Å². The second kappa shape index (κ2) is 8.33. The first-order valence-corrected chi connectivity index (χ1v) is 7.51. The first-order valence-electron chi connectivity index (χ1n) is 3.66. The molecule has 0 aliphatic heterocycles. The molecule has 0 aliphatic rings. The minimum absolute atomic E-state index is 0.